The zero-order chi connectivity index (χ0) is 7.56. The molecule has 1 aliphatic heterocycles. The van der Waals surface area contributed by atoms with E-state index in [1.165, 1.54) is 0 Å². The monoisotopic (exact) mass is 143 g/mol. The Morgan fingerprint density at radius 2 is 2.20 bits per heavy atom. The molecular weight excluding hydrogens is 126 g/mol. The number of β-amino-alcohol motifs (C(OH)–C–C–N with tert-alkyl or cyclic N) is 1. The van der Waals surface area contributed by atoms with Crippen LogP contribution in [0.4, 0.5) is 0 Å². The van der Waals surface area contributed by atoms with Gasteiger partial charge in [0.05, 0.1) is 6.10 Å². The zero-order valence-corrected chi connectivity index (χ0v) is 6.80. The second-order valence-electron chi connectivity index (χ2n) is 3.62. The summed E-state index contributed by atoms with van der Waals surface area (Å²) in [6, 6.07) is 0. The lowest BCUT2D eigenvalue weighted by molar-refractivity contribution is 0.135. The van der Waals surface area contributed by atoms with Crippen molar-refractivity contribution < 1.29 is 5.11 Å². The van der Waals surface area contributed by atoms with Crippen LogP contribution in [0, 0.1) is 11.8 Å². The summed E-state index contributed by atoms with van der Waals surface area (Å²) in [5, 5.41) is 12.6. The lowest BCUT2D eigenvalue weighted by Crippen LogP contribution is -2.19. The largest absolute Gasteiger partial charge is 0.391 e. The molecule has 1 rings (SSSR count). The fourth-order valence-corrected chi connectivity index (χ4v) is 1.57. The Morgan fingerprint density at radius 1 is 1.50 bits per heavy atom. The molecule has 2 heteroatoms. The van der Waals surface area contributed by atoms with E-state index in [9.17, 15) is 5.11 Å². The molecule has 0 aromatic heterocycles. The van der Waals surface area contributed by atoms with Crippen molar-refractivity contribution in [3.8, 4) is 0 Å². The van der Waals surface area contributed by atoms with Crippen LogP contribution in [0.1, 0.15) is 20.3 Å². The van der Waals surface area contributed by atoms with Crippen LogP contribution in [0.15, 0.2) is 0 Å². The van der Waals surface area contributed by atoms with Crippen LogP contribution >= 0.6 is 0 Å². The van der Waals surface area contributed by atoms with Gasteiger partial charge in [-0.3, -0.25) is 0 Å². The van der Waals surface area contributed by atoms with Crippen molar-refractivity contribution in [2.24, 2.45) is 11.8 Å². The molecule has 0 unspecified atom stereocenters. The highest BCUT2D eigenvalue weighted by atomic mass is 16.3. The van der Waals surface area contributed by atoms with Gasteiger partial charge in [0.15, 0.2) is 0 Å². The molecule has 1 aliphatic rings. The highest BCUT2D eigenvalue weighted by molar-refractivity contribution is 4.80. The van der Waals surface area contributed by atoms with E-state index in [-0.39, 0.29) is 6.10 Å². The molecule has 1 heterocycles. The van der Waals surface area contributed by atoms with E-state index in [1.807, 2.05) is 0 Å². The molecule has 2 atom stereocenters. The predicted molar refractivity (Wildman–Crippen MR) is 41.8 cm³/mol. The average Bonchev–Trinajstić information content (AvgIpc) is 2.15. The summed E-state index contributed by atoms with van der Waals surface area (Å²) in [6.45, 7) is 6.19. The van der Waals surface area contributed by atoms with Gasteiger partial charge in [-0.2, -0.15) is 0 Å². The van der Waals surface area contributed by atoms with Gasteiger partial charge in [-0.05, 0) is 18.3 Å². The minimum absolute atomic E-state index is 0.0950. The molecule has 10 heavy (non-hydrogen) atoms. The maximum atomic E-state index is 9.38. The first kappa shape index (κ1) is 8.02. The summed E-state index contributed by atoms with van der Waals surface area (Å²) < 4.78 is 0. The predicted octanol–water partition coefficient (Wildman–Crippen LogP) is 0.613. The minimum Gasteiger partial charge on any atom is -0.391 e. The Hall–Kier alpha value is -0.0800. The van der Waals surface area contributed by atoms with E-state index in [1.54, 1.807) is 0 Å². The fraction of sp³-hybridized carbons (Fsp3) is 1.00. The zero-order valence-electron chi connectivity index (χ0n) is 6.80. The van der Waals surface area contributed by atoms with Crippen molar-refractivity contribution in [3.63, 3.8) is 0 Å². The topological polar surface area (TPSA) is 32.3 Å². The molecule has 0 amide bonds. The van der Waals surface area contributed by atoms with Crippen molar-refractivity contribution in [1.82, 2.24) is 5.32 Å². The van der Waals surface area contributed by atoms with Gasteiger partial charge in [0.2, 0.25) is 0 Å². The Labute approximate surface area is 62.6 Å². The average molecular weight is 143 g/mol. The SMILES string of the molecule is CC(C)C[C@H]1CNC[C@@H]1O. The molecule has 60 valence electrons. The van der Waals surface area contributed by atoms with Gasteiger partial charge in [-0.1, -0.05) is 13.8 Å². The summed E-state index contributed by atoms with van der Waals surface area (Å²) in [7, 11) is 0. The molecule has 0 saturated carbocycles. The molecule has 0 spiro atoms. The van der Waals surface area contributed by atoms with Crippen molar-refractivity contribution in [1.29, 1.82) is 0 Å². The highest BCUT2D eigenvalue weighted by Crippen LogP contribution is 2.17. The van der Waals surface area contributed by atoms with E-state index in [0.29, 0.717) is 11.8 Å². The van der Waals surface area contributed by atoms with Crippen molar-refractivity contribution in [3.05, 3.63) is 0 Å². The summed E-state index contributed by atoms with van der Waals surface area (Å²) in [4.78, 5) is 0. The van der Waals surface area contributed by atoms with Gasteiger partial charge in [0.25, 0.3) is 0 Å². The van der Waals surface area contributed by atoms with Crippen molar-refractivity contribution >= 4 is 0 Å². The Bertz CT molecular complexity index is 103. The van der Waals surface area contributed by atoms with Crippen LogP contribution in [0.2, 0.25) is 0 Å². The number of aliphatic hydroxyl groups is 1. The van der Waals surface area contributed by atoms with Gasteiger partial charge < -0.3 is 10.4 Å². The number of rotatable bonds is 2. The lowest BCUT2D eigenvalue weighted by atomic mass is 9.95. The van der Waals surface area contributed by atoms with Crippen LogP contribution in [-0.2, 0) is 0 Å². The van der Waals surface area contributed by atoms with E-state index >= 15 is 0 Å². The van der Waals surface area contributed by atoms with Crippen molar-refractivity contribution in [2.45, 2.75) is 26.4 Å². The van der Waals surface area contributed by atoms with E-state index < -0.39 is 0 Å². The molecule has 2 nitrogen and oxygen atoms in total. The van der Waals surface area contributed by atoms with E-state index in [4.69, 9.17) is 0 Å². The third kappa shape index (κ3) is 1.96. The molecular formula is C8H17NO. The first-order chi connectivity index (χ1) is 4.70. The van der Waals surface area contributed by atoms with E-state index in [0.717, 1.165) is 19.5 Å². The first-order valence-corrected chi connectivity index (χ1v) is 4.09. The van der Waals surface area contributed by atoms with E-state index in [2.05, 4.69) is 19.2 Å². The first-order valence-electron chi connectivity index (χ1n) is 4.09. The Kier molecular flexibility index (Phi) is 2.69. The molecule has 0 radical (unpaired) electrons. The maximum Gasteiger partial charge on any atom is 0.0704 e. The van der Waals surface area contributed by atoms with Gasteiger partial charge in [0, 0.05) is 13.1 Å². The molecule has 2 N–H and O–H groups in total. The van der Waals surface area contributed by atoms with Crippen LogP contribution in [0.3, 0.4) is 0 Å². The minimum atomic E-state index is -0.0950. The number of hydrogen-bond acceptors (Lipinski definition) is 2. The van der Waals surface area contributed by atoms with Crippen LogP contribution in [0.5, 0.6) is 0 Å². The van der Waals surface area contributed by atoms with Gasteiger partial charge in [0.1, 0.15) is 0 Å². The molecule has 0 aliphatic carbocycles. The summed E-state index contributed by atoms with van der Waals surface area (Å²) in [6.07, 6.45) is 1.05. The number of nitrogens with one attached hydrogen (secondary N) is 1. The normalized spacial score (nSPS) is 33.6. The fourth-order valence-electron chi connectivity index (χ4n) is 1.57. The quantitative estimate of drug-likeness (QED) is 0.593. The molecule has 0 aromatic rings. The van der Waals surface area contributed by atoms with Crippen LogP contribution in [0.25, 0.3) is 0 Å². The molecule has 0 aromatic carbocycles. The molecule has 0 bridgehead atoms. The highest BCUT2D eigenvalue weighted by Gasteiger charge is 2.24. The third-order valence-corrected chi connectivity index (χ3v) is 2.08. The second kappa shape index (κ2) is 3.35. The Balaban J connectivity index is 2.26. The standard InChI is InChI=1S/C8H17NO/c1-6(2)3-7-4-9-5-8(7)10/h6-10H,3-5H2,1-2H3/t7-,8-/m0/s1. The van der Waals surface area contributed by atoms with Gasteiger partial charge >= 0.3 is 0 Å². The lowest BCUT2D eigenvalue weighted by Gasteiger charge is -2.14. The van der Waals surface area contributed by atoms with Gasteiger partial charge in [-0.15, -0.1) is 0 Å². The summed E-state index contributed by atoms with van der Waals surface area (Å²) >= 11 is 0. The Morgan fingerprint density at radius 3 is 2.60 bits per heavy atom. The smallest absolute Gasteiger partial charge is 0.0704 e. The maximum absolute atomic E-state index is 9.38. The third-order valence-electron chi connectivity index (χ3n) is 2.08. The summed E-state index contributed by atoms with van der Waals surface area (Å²) in [5.74, 6) is 1.21. The molecule has 1 saturated heterocycles. The second-order valence-corrected chi connectivity index (χ2v) is 3.62. The number of aliphatic hydroxyl groups excluding tert-OH is 1. The van der Waals surface area contributed by atoms with Crippen molar-refractivity contribution in [2.75, 3.05) is 13.1 Å². The van der Waals surface area contributed by atoms with Gasteiger partial charge in [-0.25, -0.2) is 0 Å². The van der Waals surface area contributed by atoms with Crippen LogP contribution in [-0.4, -0.2) is 24.3 Å². The molecule has 1 fully saturated rings. The van der Waals surface area contributed by atoms with Crippen LogP contribution < -0.4 is 5.32 Å². The summed E-state index contributed by atoms with van der Waals surface area (Å²) in [5.41, 5.74) is 0. The number of hydrogen-bond donors (Lipinski definition) is 2.